The number of pyridine rings is 1. The number of hydrogen-bond acceptors (Lipinski definition) is 9. The van der Waals surface area contributed by atoms with Gasteiger partial charge in [0, 0.05) is 31.4 Å². The first-order chi connectivity index (χ1) is 14.6. The van der Waals surface area contributed by atoms with Crippen LogP contribution in [-0.4, -0.2) is 41.4 Å². The molecule has 2 aromatic heterocycles. The van der Waals surface area contributed by atoms with E-state index in [1.807, 2.05) is 24.3 Å². The first-order valence-corrected chi connectivity index (χ1v) is 9.41. The zero-order valence-electron chi connectivity index (χ0n) is 16.6. The first kappa shape index (κ1) is 24.2. The van der Waals surface area contributed by atoms with Gasteiger partial charge in [0.05, 0.1) is 7.11 Å². The van der Waals surface area contributed by atoms with Gasteiger partial charge in [-0.2, -0.15) is 0 Å². The predicted molar refractivity (Wildman–Crippen MR) is 117 cm³/mol. The van der Waals surface area contributed by atoms with Gasteiger partial charge in [-0.25, -0.2) is 9.61 Å². The number of hydrogen-bond donors (Lipinski definition) is 3. The van der Waals surface area contributed by atoms with Crippen LogP contribution in [0.2, 0.25) is 5.15 Å². The summed E-state index contributed by atoms with van der Waals surface area (Å²) in [5, 5.41) is 13.2. The third-order valence-corrected chi connectivity index (χ3v) is 4.28. The average molecular weight is 469 g/mol. The molecule has 166 valence electrons. The molecule has 0 fully saturated rings. The van der Waals surface area contributed by atoms with Gasteiger partial charge in [-0.1, -0.05) is 23.7 Å². The van der Waals surface area contributed by atoms with Crippen molar-refractivity contribution >= 4 is 35.7 Å². The number of nitrogen functional groups attached to an aromatic ring is 1. The Morgan fingerprint density at radius 3 is 2.65 bits per heavy atom. The van der Waals surface area contributed by atoms with Crippen LogP contribution in [-0.2, 0) is 13.2 Å². The molecule has 1 aromatic carbocycles. The molecule has 0 spiro atoms. The number of methoxy groups -OCH3 is 1. The largest absolute Gasteiger partial charge is 0.493 e. The number of nitrogens with one attached hydrogen (secondary N) is 2. The van der Waals surface area contributed by atoms with E-state index in [1.54, 1.807) is 19.4 Å². The normalized spacial score (nSPS) is 10.3. The number of carbonyl (C=O) groups excluding carboxylic acids is 1. The molecule has 2 heterocycles. The lowest BCUT2D eigenvalue weighted by Crippen LogP contribution is -2.32. The highest BCUT2D eigenvalue weighted by Crippen LogP contribution is 2.28. The van der Waals surface area contributed by atoms with Crippen LogP contribution in [0.4, 0.5) is 5.82 Å². The van der Waals surface area contributed by atoms with Gasteiger partial charge in [-0.15, -0.1) is 12.4 Å². The lowest BCUT2D eigenvalue weighted by molar-refractivity contribution is 0.0944. The number of amides is 1. The third kappa shape index (κ3) is 6.99. The minimum Gasteiger partial charge on any atom is -0.493 e. The van der Waals surface area contributed by atoms with Crippen molar-refractivity contribution in [3.8, 4) is 11.5 Å². The van der Waals surface area contributed by atoms with E-state index < -0.39 is 5.91 Å². The van der Waals surface area contributed by atoms with Gasteiger partial charge in [0.25, 0.3) is 5.91 Å². The van der Waals surface area contributed by atoms with Crippen molar-refractivity contribution in [2.24, 2.45) is 0 Å². The highest BCUT2D eigenvalue weighted by molar-refractivity contribution is 6.29. The fraction of sp³-hybridized carbons (Fsp3) is 0.263. The summed E-state index contributed by atoms with van der Waals surface area (Å²) in [6.45, 7) is 1.87. The maximum absolute atomic E-state index is 11.8. The van der Waals surface area contributed by atoms with Gasteiger partial charge in [0.2, 0.25) is 11.5 Å². The van der Waals surface area contributed by atoms with E-state index in [0.717, 1.165) is 11.1 Å². The SMILES string of the molecule is COc1cc(CNCCNC(=O)c2nonc2N)ccc1OCc1ccc(Cl)nc1.Cl. The maximum Gasteiger partial charge on any atom is 0.277 e. The maximum atomic E-state index is 11.8. The smallest absolute Gasteiger partial charge is 0.277 e. The molecule has 10 nitrogen and oxygen atoms in total. The van der Waals surface area contributed by atoms with Gasteiger partial charge in [0.15, 0.2) is 11.5 Å². The molecule has 0 radical (unpaired) electrons. The van der Waals surface area contributed by atoms with E-state index >= 15 is 0 Å². The molecular formula is C19H22Cl2N6O4. The van der Waals surface area contributed by atoms with E-state index in [9.17, 15) is 4.79 Å². The summed E-state index contributed by atoms with van der Waals surface area (Å²) < 4.78 is 15.6. The molecule has 3 rings (SSSR count). The van der Waals surface area contributed by atoms with E-state index in [4.69, 9.17) is 26.8 Å². The van der Waals surface area contributed by atoms with E-state index in [1.165, 1.54) is 0 Å². The molecule has 0 aliphatic heterocycles. The zero-order chi connectivity index (χ0) is 21.3. The molecule has 0 saturated carbocycles. The van der Waals surface area contributed by atoms with Gasteiger partial charge in [-0.05, 0) is 34.1 Å². The van der Waals surface area contributed by atoms with Crippen LogP contribution in [0.1, 0.15) is 21.6 Å². The quantitative estimate of drug-likeness (QED) is 0.301. The van der Waals surface area contributed by atoms with Crippen LogP contribution in [0.3, 0.4) is 0 Å². The van der Waals surface area contributed by atoms with Crippen molar-refractivity contribution in [2.45, 2.75) is 13.2 Å². The third-order valence-electron chi connectivity index (χ3n) is 4.06. The number of ether oxygens (including phenoxy) is 2. The Balaban J connectivity index is 0.00000341. The summed E-state index contributed by atoms with van der Waals surface area (Å²) in [5.41, 5.74) is 7.35. The Morgan fingerprint density at radius 2 is 1.97 bits per heavy atom. The van der Waals surface area contributed by atoms with E-state index in [2.05, 4.69) is 30.6 Å². The summed E-state index contributed by atoms with van der Waals surface area (Å²) in [4.78, 5) is 15.9. The summed E-state index contributed by atoms with van der Waals surface area (Å²) in [5.74, 6) is 0.776. The molecule has 0 unspecified atom stereocenters. The summed E-state index contributed by atoms with van der Waals surface area (Å²) in [6, 6.07) is 9.24. The standard InChI is InChI=1S/C19H21ClN6O4.ClH/c1-28-15-8-12(2-4-14(15)29-11-13-3-5-16(20)24-10-13)9-22-6-7-23-19(27)17-18(21)26-30-25-17;/h2-5,8,10,22H,6-7,9,11H2,1H3,(H2,21,26)(H,23,27);1H. The second-order valence-corrected chi connectivity index (χ2v) is 6.58. The van der Waals surface area contributed by atoms with Crippen LogP contribution < -0.4 is 25.8 Å². The fourth-order valence-corrected chi connectivity index (χ4v) is 2.64. The molecule has 0 atom stereocenters. The average Bonchev–Trinajstić information content (AvgIpc) is 3.19. The van der Waals surface area contributed by atoms with Crippen molar-refractivity contribution in [2.75, 3.05) is 25.9 Å². The Kier molecular flexibility index (Phi) is 9.32. The number of nitrogens with two attached hydrogens (primary N) is 1. The molecule has 3 aromatic rings. The fourth-order valence-electron chi connectivity index (χ4n) is 2.53. The Bertz CT molecular complexity index is 984. The van der Waals surface area contributed by atoms with Crippen molar-refractivity contribution in [3.05, 3.63) is 58.5 Å². The second kappa shape index (κ2) is 11.9. The highest BCUT2D eigenvalue weighted by atomic mass is 35.5. The van der Waals surface area contributed by atoms with Crippen LogP contribution >= 0.6 is 24.0 Å². The molecule has 0 aliphatic rings. The molecule has 0 aliphatic carbocycles. The molecule has 4 N–H and O–H groups in total. The van der Waals surface area contributed by atoms with E-state index in [-0.39, 0.29) is 23.9 Å². The molecule has 1 amide bonds. The number of benzene rings is 1. The van der Waals surface area contributed by atoms with Crippen molar-refractivity contribution in [3.63, 3.8) is 0 Å². The van der Waals surface area contributed by atoms with Crippen molar-refractivity contribution < 1.29 is 18.9 Å². The Hall–Kier alpha value is -3.08. The highest BCUT2D eigenvalue weighted by Gasteiger charge is 2.14. The lowest BCUT2D eigenvalue weighted by Gasteiger charge is -2.13. The summed E-state index contributed by atoms with van der Waals surface area (Å²) in [6.07, 6.45) is 1.67. The molecule has 0 saturated heterocycles. The topological polar surface area (TPSA) is 137 Å². The van der Waals surface area contributed by atoms with Crippen LogP contribution in [0.15, 0.2) is 41.2 Å². The van der Waals surface area contributed by atoms with Crippen LogP contribution in [0.5, 0.6) is 11.5 Å². The van der Waals surface area contributed by atoms with Gasteiger partial charge in [-0.3, -0.25) is 4.79 Å². The molecular weight excluding hydrogens is 447 g/mol. The number of aromatic nitrogens is 3. The first-order valence-electron chi connectivity index (χ1n) is 9.04. The minimum absolute atomic E-state index is 0. The number of halogens is 2. The minimum atomic E-state index is -0.436. The number of nitrogens with zero attached hydrogens (tertiary/aromatic N) is 3. The monoisotopic (exact) mass is 468 g/mol. The predicted octanol–water partition coefficient (Wildman–Crippen LogP) is 2.23. The lowest BCUT2D eigenvalue weighted by atomic mass is 10.2. The summed E-state index contributed by atoms with van der Waals surface area (Å²) >= 11 is 5.79. The molecule has 0 bridgehead atoms. The van der Waals surface area contributed by atoms with Crippen molar-refractivity contribution in [1.82, 2.24) is 25.9 Å². The van der Waals surface area contributed by atoms with Gasteiger partial charge >= 0.3 is 0 Å². The molecule has 12 heteroatoms. The molecule has 31 heavy (non-hydrogen) atoms. The zero-order valence-corrected chi connectivity index (χ0v) is 18.2. The second-order valence-electron chi connectivity index (χ2n) is 6.19. The van der Waals surface area contributed by atoms with E-state index in [0.29, 0.717) is 42.9 Å². The van der Waals surface area contributed by atoms with Crippen LogP contribution in [0.25, 0.3) is 0 Å². The number of rotatable bonds is 10. The van der Waals surface area contributed by atoms with Crippen LogP contribution in [0, 0.1) is 0 Å². The van der Waals surface area contributed by atoms with Crippen molar-refractivity contribution in [1.29, 1.82) is 0 Å². The number of anilines is 1. The Morgan fingerprint density at radius 1 is 1.16 bits per heavy atom. The number of carbonyl (C=O) groups is 1. The van der Waals surface area contributed by atoms with Gasteiger partial charge < -0.3 is 25.8 Å². The Labute approximate surface area is 189 Å². The summed E-state index contributed by atoms with van der Waals surface area (Å²) in [7, 11) is 1.59. The van der Waals surface area contributed by atoms with Gasteiger partial charge in [0.1, 0.15) is 11.8 Å².